The number of nitrogens with zero attached hydrogens (tertiary/aromatic N) is 6. The molecule has 1 aliphatic rings. The van der Waals surface area contributed by atoms with Crippen molar-refractivity contribution in [2.24, 2.45) is 5.10 Å². The molecule has 0 unspecified atom stereocenters. The summed E-state index contributed by atoms with van der Waals surface area (Å²) in [7, 11) is 0. The molecule has 12 heteroatoms. The van der Waals surface area contributed by atoms with Gasteiger partial charge in [-0.2, -0.15) is 20.1 Å². The fourth-order valence-corrected chi connectivity index (χ4v) is 2.69. The lowest BCUT2D eigenvalue weighted by atomic mass is 10.3. The van der Waals surface area contributed by atoms with Gasteiger partial charge in [-0.1, -0.05) is 18.2 Å². The standard InChI is InChI=1S/C18H18N8O4/c27-26(28)15-7-6-14(30-15)12-19-24-17-21-16(20-13-4-2-1-3-5-13)22-18(23-17)25-8-10-29-11-9-25/h1-7,12H,8-11H2,(H2,20,21,22,23,24)/b19-12+. The largest absolute Gasteiger partial charge is 0.433 e. The van der Waals surface area contributed by atoms with Gasteiger partial charge in [-0.3, -0.25) is 10.1 Å². The van der Waals surface area contributed by atoms with Crippen LogP contribution in [-0.2, 0) is 4.74 Å². The first-order chi connectivity index (χ1) is 14.7. The zero-order valence-electron chi connectivity index (χ0n) is 15.8. The number of rotatable bonds is 7. The third kappa shape index (κ3) is 4.86. The number of morpholine rings is 1. The number of anilines is 4. The summed E-state index contributed by atoms with van der Waals surface area (Å²) in [5.41, 5.74) is 3.54. The van der Waals surface area contributed by atoms with Gasteiger partial charge in [0.1, 0.15) is 4.92 Å². The summed E-state index contributed by atoms with van der Waals surface area (Å²) in [6, 6.07) is 12.2. The zero-order valence-corrected chi connectivity index (χ0v) is 15.8. The van der Waals surface area contributed by atoms with Gasteiger partial charge in [0.2, 0.25) is 17.8 Å². The summed E-state index contributed by atoms with van der Waals surface area (Å²) in [4.78, 5) is 25.3. The molecular formula is C18H18N8O4. The summed E-state index contributed by atoms with van der Waals surface area (Å²) in [5.74, 6) is 0.907. The van der Waals surface area contributed by atoms with E-state index in [0.717, 1.165) is 5.69 Å². The Hall–Kier alpha value is -4.06. The molecule has 30 heavy (non-hydrogen) atoms. The summed E-state index contributed by atoms with van der Waals surface area (Å²) in [5, 5.41) is 17.8. The highest BCUT2D eigenvalue weighted by atomic mass is 16.6. The van der Waals surface area contributed by atoms with Crippen molar-refractivity contribution < 1.29 is 14.1 Å². The smallest absolute Gasteiger partial charge is 0.400 e. The maximum atomic E-state index is 10.7. The lowest BCUT2D eigenvalue weighted by molar-refractivity contribution is -0.402. The van der Waals surface area contributed by atoms with Gasteiger partial charge < -0.3 is 19.4 Å². The molecule has 3 aromatic rings. The molecule has 0 amide bonds. The van der Waals surface area contributed by atoms with Crippen molar-refractivity contribution in [3.63, 3.8) is 0 Å². The number of benzene rings is 1. The van der Waals surface area contributed by atoms with Crippen molar-refractivity contribution in [3.8, 4) is 0 Å². The molecule has 2 aromatic heterocycles. The molecule has 1 fully saturated rings. The van der Waals surface area contributed by atoms with E-state index in [1.165, 1.54) is 18.3 Å². The molecule has 0 bridgehead atoms. The van der Waals surface area contributed by atoms with Crippen LogP contribution in [0.15, 0.2) is 52.0 Å². The van der Waals surface area contributed by atoms with Crippen LogP contribution in [-0.4, -0.2) is 52.4 Å². The van der Waals surface area contributed by atoms with E-state index < -0.39 is 4.92 Å². The molecule has 1 saturated heterocycles. The van der Waals surface area contributed by atoms with E-state index in [9.17, 15) is 10.1 Å². The molecule has 0 aliphatic carbocycles. The van der Waals surface area contributed by atoms with Crippen LogP contribution in [0.1, 0.15) is 5.76 Å². The van der Waals surface area contributed by atoms with Crippen LogP contribution in [0.5, 0.6) is 0 Å². The number of hydrogen-bond donors (Lipinski definition) is 2. The van der Waals surface area contributed by atoms with Crippen LogP contribution in [0.4, 0.5) is 29.4 Å². The van der Waals surface area contributed by atoms with Gasteiger partial charge in [0, 0.05) is 18.8 Å². The van der Waals surface area contributed by atoms with Gasteiger partial charge in [0.05, 0.1) is 25.5 Å². The SMILES string of the molecule is O=[N+]([O-])c1ccc(/C=N/Nc2nc(Nc3ccccc3)nc(N3CCOCC3)n2)o1. The van der Waals surface area contributed by atoms with Gasteiger partial charge in [0.15, 0.2) is 5.76 Å². The Bertz CT molecular complexity index is 1030. The van der Waals surface area contributed by atoms with Crippen molar-refractivity contribution in [2.45, 2.75) is 0 Å². The highest BCUT2D eigenvalue weighted by Crippen LogP contribution is 2.19. The summed E-state index contributed by atoms with van der Waals surface area (Å²) >= 11 is 0. The Morgan fingerprint density at radius 1 is 1.07 bits per heavy atom. The fraction of sp³-hybridized carbons (Fsp3) is 0.222. The second kappa shape index (κ2) is 8.96. The maximum Gasteiger partial charge on any atom is 0.433 e. The summed E-state index contributed by atoms with van der Waals surface area (Å²) in [6.07, 6.45) is 1.30. The quantitative estimate of drug-likeness (QED) is 0.338. The maximum absolute atomic E-state index is 10.7. The van der Waals surface area contributed by atoms with Crippen LogP contribution in [0.2, 0.25) is 0 Å². The van der Waals surface area contributed by atoms with Gasteiger partial charge in [-0.25, -0.2) is 5.43 Å². The molecule has 1 aromatic carbocycles. The first-order valence-electron chi connectivity index (χ1n) is 9.11. The van der Waals surface area contributed by atoms with E-state index in [-0.39, 0.29) is 17.6 Å². The monoisotopic (exact) mass is 410 g/mol. The third-order valence-electron chi connectivity index (χ3n) is 4.10. The normalized spacial score (nSPS) is 14.1. The zero-order chi connectivity index (χ0) is 20.8. The Balaban J connectivity index is 1.54. The number of nitrogens with one attached hydrogen (secondary N) is 2. The number of nitro groups is 1. The van der Waals surface area contributed by atoms with E-state index in [2.05, 4.69) is 30.8 Å². The number of hydrazone groups is 1. The Morgan fingerprint density at radius 3 is 2.57 bits per heavy atom. The minimum absolute atomic E-state index is 0.210. The van der Waals surface area contributed by atoms with E-state index in [0.29, 0.717) is 38.2 Å². The van der Waals surface area contributed by atoms with Crippen LogP contribution < -0.4 is 15.6 Å². The first kappa shape index (κ1) is 19.3. The average molecular weight is 410 g/mol. The number of ether oxygens (including phenoxy) is 1. The second-order valence-electron chi connectivity index (χ2n) is 6.18. The lowest BCUT2D eigenvalue weighted by Gasteiger charge is -2.27. The molecule has 2 N–H and O–H groups in total. The Morgan fingerprint density at radius 2 is 1.83 bits per heavy atom. The molecule has 154 valence electrons. The molecule has 0 atom stereocenters. The van der Waals surface area contributed by atoms with Gasteiger partial charge >= 0.3 is 5.88 Å². The number of para-hydroxylation sites is 1. The highest BCUT2D eigenvalue weighted by Gasteiger charge is 2.17. The summed E-state index contributed by atoms with van der Waals surface area (Å²) < 4.78 is 10.4. The predicted octanol–water partition coefficient (Wildman–Crippen LogP) is 2.40. The van der Waals surface area contributed by atoms with Gasteiger partial charge in [-0.15, -0.1) is 0 Å². The van der Waals surface area contributed by atoms with Crippen LogP contribution in [0.3, 0.4) is 0 Å². The predicted molar refractivity (Wildman–Crippen MR) is 109 cm³/mol. The van der Waals surface area contributed by atoms with Gasteiger partial charge in [0.25, 0.3) is 0 Å². The molecule has 0 radical (unpaired) electrons. The summed E-state index contributed by atoms with van der Waals surface area (Å²) in [6.45, 7) is 2.50. The van der Waals surface area contributed by atoms with Crippen molar-refractivity contribution in [1.82, 2.24) is 15.0 Å². The molecule has 12 nitrogen and oxygen atoms in total. The number of furan rings is 1. The molecule has 0 saturated carbocycles. The average Bonchev–Trinajstić information content (AvgIpc) is 3.24. The number of hydrogen-bond acceptors (Lipinski definition) is 11. The van der Waals surface area contributed by atoms with Crippen molar-refractivity contribution in [2.75, 3.05) is 41.9 Å². The first-order valence-corrected chi connectivity index (χ1v) is 9.11. The molecular weight excluding hydrogens is 392 g/mol. The lowest BCUT2D eigenvalue weighted by Crippen LogP contribution is -2.37. The topological polar surface area (TPSA) is 144 Å². The molecule has 3 heterocycles. The molecule has 0 spiro atoms. The van der Waals surface area contributed by atoms with Crippen LogP contribution in [0.25, 0.3) is 0 Å². The van der Waals surface area contributed by atoms with E-state index in [1.54, 1.807) is 0 Å². The Kier molecular flexibility index (Phi) is 5.75. The van der Waals surface area contributed by atoms with E-state index >= 15 is 0 Å². The second-order valence-corrected chi connectivity index (χ2v) is 6.18. The third-order valence-corrected chi connectivity index (χ3v) is 4.10. The molecule has 1 aliphatic heterocycles. The number of aromatic nitrogens is 3. The minimum atomic E-state index is -0.618. The molecule has 4 rings (SSSR count). The van der Waals surface area contributed by atoms with Crippen molar-refractivity contribution in [1.29, 1.82) is 0 Å². The van der Waals surface area contributed by atoms with Gasteiger partial charge in [-0.05, 0) is 18.2 Å². The van der Waals surface area contributed by atoms with Crippen molar-refractivity contribution in [3.05, 3.63) is 58.3 Å². The highest BCUT2D eigenvalue weighted by molar-refractivity contribution is 5.76. The minimum Gasteiger partial charge on any atom is -0.400 e. The van der Waals surface area contributed by atoms with E-state index in [1.807, 2.05) is 35.2 Å². The van der Waals surface area contributed by atoms with E-state index in [4.69, 9.17) is 9.15 Å². The van der Waals surface area contributed by atoms with Crippen molar-refractivity contribution >= 4 is 35.6 Å². The fourth-order valence-electron chi connectivity index (χ4n) is 2.69. The van der Waals surface area contributed by atoms with Crippen LogP contribution >= 0.6 is 0 Å². The Labute approximate surface area is 170 Å². The van der Waals surface area contributed by atoms with Crippen LogP contribution in [0, 0.1) is 10.1 Å².